The molecule has 2 amide bonds. The molecule has 0 aliphatic carbocycles. The normalized spacial score (nSPS) is 16.3. The van der Waals surface area contributed by atoms with E-state index in [1.54, 1.807) is 0 Å². The third-order valence-corrected chi connectivity index (χ3v) is 4.57. The van der Waals surface area contributed by atoms with E-state index in [1.807, 2.05) is 43.0 Å². The molecule has 1 aliphatic heterocycles. The van der Waals surface area contributed by atoms with Gasteiger partial charge in [0.25, 0.3) is 0 Å². The zero-order chi connectivity index (χ0) is 18.0. The van der Waals surface area contributed by atoms with E-state index < -0.39 is 0 Å². The van der Waals surface area contributed by atoms with Crippen LogP contribution in [0.2, 0.25) is 0 Å². The van der Waals surface area contributed by atoms with Crippen molar-refractivity contribution in [2.45, 2.75) is 32.9 Å². The summed E-state index contributed by atoms with van der Waals surface area (Å²) in [7, 11) is 3.81. The minimum atomic E-state index is -0.0512. The van der Waals surface area contributed by atoms with Crippen LogP contribution in [-0.2, 0) is 13.0 Å². The van der Waals surface area contributed by atoms with Gasteiger partial charge in [0.15, 0.2) is 0 Å². The zero-order valence-corrected chi connectivity index (χ0v) is 15.3. The Balaban J connectivity index is 1.68. The second-order valence-corrected chi connectivity index (χ2v) is 6.67. The van der Waals surface area contributed by atoms with Crippen molar-refractivity contribution < 1.29 is 4.79 Å². The van der Waals surface area contributed by atoms with Crippen LogP contribution in [0.3, 0.4) is 0 Å². The maximum absolute atomic E-state index is 12.7. The van der Waals surface area contributed by atoms with Gasteiger partial charge in [0.1, 0.15) is 0 Å². The highest BCUT2D eigenvalue weighted by Crippen LogP contribution is 2.28. The van der Waals surface area contributed by atoms with Crippen molar-refractivity contribution in [3.8, 4) is 0 Å². The molecule has 0 saturated carbocycles. The SMILES string of the molecule is Cc1cc(CNC(=O)N2CCc3ccccc3[C@@H]2C)nc(N(C)C)n1. The maximum Gasteiger partial charge on any atom is 0.318 e. The lowest BCUT2D eigenvalue weighted by Gasteiger charge is -2.35. The average Bonchev–Trinajstić information content (AvgIpc) is 2.60. The van der Waals surface area contributed by atoms with Crippen molar-refractivity contribution in [2.75, 3.05) is 25.5 Å². The van der Waals surface area contributed by atoms with Gasteiger partial charge in [-0.15, -0.1) is 0 Å². The van der Waals surface area contributed by atoms with Crippen molar-refractivity contribution in [2.24, 2.45) is 0 Å². The minimum absolute atomic E-state index is 0.0512. The first-order valence-corrected chi connectivity index (χ1v) is 8.60. The molecule has 0 radical (unpaired) electrons. The number of hydrogen-bond donors (Lipinski definition) is 1. The monoisotopic (exact) mass is 339 g/mol. The number of urea groups is 1. The molecular formula is C19H25N5O. The van der Waals surface area contributed by atoms with Crippen LogP contribution in [0.1, 0.15) is 35.5 Å². The fraction of sp³-hybridized carbons (Fsp3) is 0.421. The molecular weight excluding hydrogens is 314 g/mol. The van der Waals surface area contributed by atoms with Crippen molar-refractivity contribution in [1.29, 1.82) is 0 Å². The summed E-state index contributed by atoms with van der Waals surface area (Å²) in [6.45, 7) is 5.14. The van der Waals surface area contributed by atoms with Crippen molar-refractivity contribution in [3.05, 3.63) is 52.8 Å². The number of benzene rings is 1. The number of nitrogens with one attached hydrogen (secondary N) is 1. The van der Waals surface area contributed by atoms with Crippen LogP contribution in [0.25, 0.3) is 0 Å². The summed E-state index contributed by atoms with van der Waals surface area (Å²) in [6, 6.07) is 10.3. The Kier molecular flexibility index (Phi) is 4.88. The third kappa shape index (κ3) is 3.73. The number of nitrogens with zero attached hydrogens (tertiary/aromatic N) is 4. The molecule has 2 aromatic rings. The van der Waals surface area contributed by atoms with Crippen molar-refractivity contribution in [3.63, 3.8) is 0 Å². The molecule has 1 aromatic heterocycles. The van der Waals surface area contributed by atoms with E-state index in [-0.39, 0.29) is 12.1 Å². The summed E-state index contributed by atoms with van der Waals surface area (Å²) in [5, 5.41) is 3.00. The average molecular weight is 339 g/mol. The Bertz CT molecular complexity index is 774. The fourth-order valence-corrected chi connectivity index (χ4v) is 3.22. The molecule has 0 saturated heterocycles. The van der Waals surface area contributed by atoms with Crippen LogP contribution in [0, 0.1) is 6.92 Å². The molecule has 25 heavy (non-hydrogen) atoms. The van der Waals surface area contributed by atoms with Gasteiger partial charge in [-0.1, -0.05) is 24.3 Å². The van der Waals surface area contributed by atoms with Crippen LogP contribution in [0.4, 0.5) is 10.7 Å². The number of carbonyl (C=O) groups is 1. The molecule has 3 rings (SSSR count). The number of carbonyl (C=O) groups excluding carboxylic acids is 1. The number of aryl methyl sites for hydroxylation is 1. The van der Waals surface area contributed by atoms with Crippen LogP contribution >= 0.6 is 0 Å². The number of rotatable bonds is 3. The van der Waals surface area contributed by atoms with E-state index >= 15 is 0 Å². The smallest absolute Gasteiger partial charge is 0.318 e. The van der Waals surface area contributed by atoms with Crippen LogP contribution in [-0.4, -0.2) is 41.5 Å². The minimum Gasteiger partial charge on any atom is -0.347 e. The summed E-state index contributed by atoms with van der Waals surface area (Å²) < 4.78 is 0. The Morgan fingerprint density at radius 3 is 2.84 bits per heavy atom. The largest absolute Gasteiger partial charge is 0.347 e. The first-order chi connectivity index (χ1) is 12.0. The molecule has 0 bridgehead atoms. The Morgan fingerprint density at radius 1 is 1.32 bits per heavy atom. The molecule has 132 valence electrons. The van der Waals surface area contributed by atoms with Gasteiger partial charge in [0.2, 0.25) is 5.95 Å². The summed E-state index contributed by atoms with van der Waals surface area (Å²) in [5.74, 6) is 0.657. The van der Waals surface area contributed by atoms with Crippen molar-refractivity contribution in [1.82, 2.24) is 20.2 Å². The van der Waals surface area contributed by atoms with Crippen LogP contribution in [0.5, 0.6) is 0 Å². The van der Waals surface area contributed by atoms with Gasteiger partial charge in [-0.2, -0.15) is 0 Å². The van der Waals surface area contributed by atoms with Gasteiger partial charge in [-0.05, 0) is 37.5 Å². The standard InChI is InChI=1S/C19H25N5O/c1-13-11-16(22-18(21-13)23(3)4)12-20-19(25)24-10-9-15-7-5-6-8-17(15)14(24)2/h5-8,11,14H,9-10,12H2,1-4H3,(H,20,25)/t14-/m0/s1. The van der Waals surface area contributed by atoms with Gasteiger partial charge in [0.05, 0.1) is 18.3 Å². The van der Waals surface area contributed by atoms with E-state index in [1.165, 1.54) is 11.1 Å². The summed E-state index contributed by atoms with van der Waals surface area (Å²) in [6.07, 6.45) is 0.894. The Hall–Kier alpha value is -2.63. The lowest BCUT2D eigenvalue weighted by molar-refractivity contribution is 0.174. The van der Waals surface area contributed by atoms with E-state index in [0.29, 0.717) is 12.5 Å². The van der Waals surface area contributed by atoms with Crippen LogP contribution in [0.15, 0.2) is 30.3 Å². The quantitative estimate of drug-likeness (QED) is 0.934. The second-order valence-electron chi connectivity index (χ2n) is 6.67. The highest BCUT2D eigenvalue weighted by molar-refractivity contribution is 5.75. The molecule has 1 atom stereocenters. The molecule has 0 unspecified atom stereocenters. The molecule has 1 N–H and O–H groups in total. The summed E-state index contributed by atoms with van der Waals surface area (Å²) in [4.78, 5) is 25.3. The molecule has 1 aliphatic rings. The number of fused-ring (bicyclic) bond motifs is 1. The van der Waals surface area contributed by atoms with Crippen LogP contribution < -0.4 is 10.2 Å². The van der Waals surface area contributed by atoms with E-state index in [2.05, 4.69) is 40.4 Å². The molecule has 1 aromatic carbocycles. The van der Waals surface area contributed by atoms with E-state index in [0.717, 1.165) is 24.4 Å². The first kappa shape index (κ1) is 17.2. The fourth-order valence-electron chi connectivity index (χ4n) is 3.22. The molecule has 0 fully saturated rings. The highest BCUT2D eigenvalue weighted by Gasteiger charge is 2.27. The second kappa shape index (κ2) is 7.09. The molecule has 0 spiro atoms. The van der Waals surface area contributed by atoms with Gasteiger partial charge >= 0.3 is 6.03 Å². The lowest BCUT2D eigenvalue weighted by Crippen LogP contribution is -2.44. The predicted octanol–water partition coefficient (Wildman–Crippen LogP) is 2.68. The first-order valence-electron chi connectivity index (χ1n) is 8.60. The lowest BCUT2D eigenvalue weighted by atomic mass is 9.94. The predicted molar refractivity (Wildman–Crippen MR) is 98.6 cm³/mol. The van der Waals surface area contributed by atoms with Crippen molar-refractivity contribution >= 4 is 12.0 Å². The Labute approximate surface area is 148 Å². The molecule has 6 nitrogen and oxygen atoms in total. The topological polar surface area (TPSA) is 61.4 Å². The third-order valence-electron chi connectivity index (χ3n) is 4.57. The van der Waals surface area contributed by atoms with Gasteiger partial charge in [0, 0.05) is 26.3 Å². The van der Waals surface area contributed by atoms with E-state index in [9.17, 15) is 4.79 Å². The van der Waals surface area contributed by atoms with Gasteiger partial charge < -0.3 is 15.1 Å². The summed E-state index contributed by atoms with van der Waals surface area (Å²) in [5.41, 5.74) is 4.27. The summed E-state index contributed by atoms with van der Waals surface area (Å²) >= 11 is 0. The van der Waals surface area contributed by atoms with Gasteiger partial charge in [-0.25, -0.2) is 14.8 Å². The highest BCUT2D eigenvalue weighted by atomic mass is 16.2. The molecule has 6 heteroatoms. The number of hydrogen-bond acceptors (Lipinski definition) is 4. The van der Waals surface area contributed by atoms with Gasteiger partial charge in [-0.3, -0.25) is 0 Å². The zero-order valence-electron chi connectivity index (χ0n) is 15.3. The van der Waals surface area contributed by atoms with E-state index in [4.69, 9.17) is 0 Å². The maximum atomic E-state index is 12.7. The molecule has 2 heterocycles. The number of amides is 2. The number of anilines is 1. The Morgan fingerprint density at radius 2 is 2.08 bits per heavy atom. The number of aromatic nitrogens is 2.